The fourth-order valence-electron chi connectivity index (χ4n) is 3.07. The van der Waals surface area contributed by atoms with Crippen LogP contribution in [-0.4, -0.2) is 29.9 Å². The fourth-order valence-corrected chi connectivity index (χ4v) is 3.07. The van der Waals surface area contributed by atoms with Gasteiger partial charge < -0.3 is 10.2 Å². The summed E-state index contributed by atoms with van der Waals surface area (Å²) in [5.74, 6) is 0.478. The van der Waals surface area contributed by atoms with Crippen LogP contribution >= 0.6 is 0 Å². The van der Waals surface area contributed by atoms with Crippen LogP contribution in [-0.2, 0) is 11.3 Å². The molecule has 0 radical (unpaired) electrons. The summed E-state index contributed by atoms with van der Waals surface area (Å²) in [6, 6.07) is 7.11. The summed E-state index contributed by atoms with van der Waals surface area (Å²) in [6.07, 6.45) is 4.89. The second kappa shape index (κ2) is 6.56. The first kappa shape index (κ1) is 14.5. The highest BCUT2D eigenvalue weighted by Crippen LogP contribution is 2.30. The lowest BCUT2D eigenvalue weighted by Gasteiger charge is -2.27. The molecule has 1 aromatic rings. The summed E-state index contributed by atoms with van der Waals surface area (Å²) in [4.78, 5) is 14.5. The number of carbonyl (C=O) groups excluding carboxylic acids is 1. The Morgan fingerprint density at radius 2 is 1.90 bits per heavy atom. The van der Waals surface area contributed by atoms with Crippen LogP contribution in [0.3, 0.4) is 0 Å². The highest BCUT2D eigenvalue weighted by Gasteiger charge is 2.33. The molecule has 1 saturated heterocycles. The van der Waals surface area contributed by atoms with E-state index >= 15 is 0 Å². The van der Waals surface area contributed by atoms with E-state index in [1.54, 1.807) is 12.1 Å². The maximum Gasteiger partial charge on any atom is 0.223 e. The zero-order valence-electron chi connectivity index (χ0n) is 12.4. The summed E-state index contributed by atoms with van der Waals surface area (Å²) in [5, 5.41) is 3.33. The Labute approximate surface area is 125 Å². The van der Waals surface area contributed by atoms with Crippen LogP contribution in [0.5, 0.6) is 0 Å². The maximum atomic E-state index is 13.8. The van der Waals surface area contributed by atoms with Gasteiger partial charge in [0.25, 0.3) is 0 Å². The number of halogens is 1. The van der Waals surface area contributed by atoms with E-state index in [2.05, 4.69) is 5.32 Å². The summed E-state index contributed by atoms with van der Waals surface area (Å²) in [6.45, 7) is 2.44. The molecular weight excluding hydrogens is 267 g/mol. The van der Waals surface area contributed by atoms with Crippen molar-refractivity contribution in [3.05, 3.63) is 35.6 Å². The first-order chi connectivity index (χ1) is 10.2. The molecule has 0 aromatic heterocycles. The lowest BCUT2D eigenvalue weighted by Crippen LogP contribution is -2.36. The lowest BCUT2D eigenvalue weighted by atomic mass is 9.94. The highest BCUT2D eigenvalue weighted by molar-refractivity contribution is 5.77. The van der Waals surface area contributed by atoms with Crippen molar-refractivity contribution in [1.29, 1.82) is 0 Å². The van der Waals surface area contributed by atoms with E-state index in [1.807, 2.05) is 11.0 Å². The maximum absolute atomic E-state index is 13.8. The van der Waals surface area contributed by atoms with Gasteiger partial charge in [0.1, 0.15) is 5.82 Å². The van der Waals surface area contributed by atoms with Crippen LogP contribution in [0.4, 0.5) is 4.39 Å². The molecule has 2 fully saturated rings. The molecule has 0 spiro atoms. The van der Waals surface area contributed by atoms with Crippen molar-refractivity contribution in [3.63, 3.8) is 0 Å². The molecular formula is C17H23FN2O. The molecule has 1 aliphatic carbocycles. The van der Waals surface area contributed by atoms with Gasteiger partial charge in [0, 0.05) is 24.6 Å². The number of hydrogen-bond acceptors (Lipinski definition) is 2. The third kappa shape index (κ3) is 3.82. The predicted molar refractivity (Wildman–Crippen MR) is 80.2 cm³/mol. The Balaban J connectivity index is 1.63. The van der Waals surface area contributed by atoms with E-state index in [4.69, 9.17) is 0 Å². The second-order valence-corrected chi connectivity index (χ2v) is 6.24. The van der Waals surface area contributed by atoms with E-state index in [1.165, 1.54) is 6.07 Å². The first-order valence-corrected chi connectivity index (χ1v) is 7.97. The Hall–Kier alpha value is -1.42. The smallest absolute Gasteiger partial charge is 0.223 e. The van der Waals surface area contributed by atoms with Crippen LogP contribution in [0, 0.1) is 11.7 Å². The molecule has 1 N–H and O–H groups in total. The van der Waals surface area contributed by atoms with Gasteiger partial charge in [-0.25, -0.2) is 4.39 Å². The van der Waals surface area contributed by atoms with Gasteiger partial charge in [0.15, 0.2) is 0 Å². The number of piperidine rings is 1. The monoisotopic (exact) mass is 290 g/mol. The molecule has 21 heavy (non-hydrogen) atoms. The average molecular weight is 290 g/mol. The zero-order chi connectivity index (χ0) is 14.7. The van der Waals surface area contributed by atoms with Gasteiger partial charge in [-0.2, -0.15) is 0 Å². The number of nitrogens with zero attached hydrogens (tertiary/aromatic N) is 1. The standard InChI is InChI=1S/C17H23FN2O/c18-16-4-2-1-3-14(16)12-20(15-5-6-15)17(21)11-13-7-9-19-10-8-13/h1-4,13,15,19H,5-12H2. The minimum absolute atomic E-state index is 0.202. The molecule has 2 aliphatic rings. The van der Waals surface area contributed by atoms with Crippen molar-refractivity contribution >= 4 is 5.91 Å². The van der Waals surface area contributed by atoms with Crippen molar-refractivity contribution in [2.75, 3.05) is 13.1 Å². The van der Waals surface area contributed by atoms with Crippen molar-refractivity contribution in [1.82, 2.24) is 10.2 Å². The Morgan fingerprint density at radius 3 is 2.57 bits per heavy atom. The van der Waals surface area contributed by atoms with Gasteiger partial charge in [-0.1, -0.05) is 18.2 Å². The van der Waals surface area contributed by atoms with Gasteiger partial charge in [-0.3, -0.25) is 4.79 Å². The fraction of sp³-hybridized carbons (Fsp3) is 0.588. The van der Waals surface area contributed by atoms with E-state index < -0.39 is 0 Å². The van der Waals surface area contributed by atoms with E-state index in [9.17, 15) is 9.18 Å². The Morgan fingerprint density at radius 1 is 1.19 bits per heavy atom. The molecule has 0 atom stereocenters. The minimum atomic E-state index is -0.210. The van der Waals surface area contributed by atoms with Crippen LogP contribution in [0.15, 0.2) is 24.3 Å². The first-order valence-electron chi connectivity index (χ1n) is 7.97. The van der Waals surface area contributed by atoms with Gasteiger partial charge in [0.2, 0.25) is 5.91 Å². The molecule has 1 aromatic carbocycles. The van der Waals surface area contributed by atoms with E-state index in [-0.39, 0.29) is 11.7 Å². The van der Waals surface area contributed by atoms with Gasteiger partial charge >= 0.3 is 0 Å². The Bertz CT molecular complexity index is 495. The van der Waals surface area contributed by atoms with Crippen molar-refractivity contribution in [2.45, 2.75) is 44.7 Å². The summed E-state index contributed by atoms with van der Waals surface area (Å²) < 4.78 is 13.8. The van der Waals surface area contributed by atoms with Crippen LogP contribution in [0.2, 0.25) is 0 Å². The largest absolute Gasteiger partial charge is 0.335 e. The van der Waals surface area contributed by atoms with Crippen molar-refractivity contribution < 1.29 is 9.18 Å². The molecule has 0 bridgehead atoms. The molecule has 0 unspecified atom stereocenters. The molecule has 1 amide bonds. The topological polar surface area (TPSA) is 32.3 Å². The molecule has 3 rings (SSSR count). The second-order valence-electron chi connectivity index (χ2n) is 6.24. The van der Waals surface area contributed by atoms with Crippen LogP contribution in [0.25, 0.3) is 0 Å². The molecule has 3 nitrogen and oxygen atoms in total. The quantitative estimate of drug-likeness (QED) is 0.904. The number of amides is 1. The summed E-state index contributed by atoms with van der Waals surface area (Å²) in [7, 11) is 0. The summed E-state index contributed by atoms with van der Waals surface area (Å²) >= 11 is 0. The zero-order valence-corrected chi connectivity index (χ0v) is 12.4. The third-order valence-electron chi connectivity index (χ3n) is 4.53. The molecule has 1 saturated carbocycles. The number of hydrogen-bond donors (Lipinski definition) is 1. The third-order valence-corrected chi connectivity index (χ3v) is 4.53. The number of nitrogens with one attached hydrogen (secondary N) is 1. The van der Waals surface area contributed by atoms with Crippen LogP contribution in [0.1, 0.15) is 37.7 Å². The SMILES string of the molecule is O=C(CC1CCNCC1)N(Cc1ccccc1F)C1CC1. The summed E-state index contributed by atoms with van der Waals surface area (Å²) in [5.41, 5.74) is 0.628. The van der Waals surface area contributed by atoms with Crippen molar-refractivity contribution in [3.8, 4) is 0 Å². The van der Waals surface area contributed by atoms with Gasteiger partial charge in [-0.05, 0) is 50.8 Å². The lowest BCUT2D eigenvalue weighted by molar-refractivity contribution is -0.133. The molecule has 1 heterocycles. The van der Waals surface area contributed by atoms with Crippen molar-refractivity contribution in [2.24, 2.45) is 5.92 Å². The molecule has 4 heteroatoms. The molecule has 1 aliphatic heterocycles. The number of carbonyl (C=O) groups is 1. The van der Waals surface area contributed by atoms with Crippen LogP contribution < -0.4 is 5.32 Å². The van der Waals surface area contributed by atoms with E-state index in [0.717, 1.165) is 38.8 Å². The average Bonchev–Trinajstić information content (AvgIpc) is 3.32. The number of benzene rings is 1. The normalized spacial score (nSPS) is 19.5. The van der Waals surface area contributed by atoms with Gasteiger partial charge in [0.05, 0.1) is 0 Å². The Kier molecular flexibility index (Phi) is 4.54. The predicted octanol–water partition coefficient (Wildman–Crippen LogP) is 2.71. The number of rotatable bonds is 5. The molecule has 114 valence electrons. The highest BCUT2D eigenvalue weighted by atomic mass is 19.1. The van der Waals surface area contributed by atoms with E-state index in [0.29, 0.717) is 30.5 Å². The minimum Gasteiger partial charge on any atom is -0.335 e. The van der Waals surface area contributed by atoms with Gasteiger partial charge in [-0.15, -0.1) is 0 Å².